The highest BCUT2D eigenvalue weighted by molar-refractivity contribution is 6.42. The highest BCUT2D eigenvalue weighted by Gasteiger charge is 2.05. The van der Waals surface area contributed by atoms with Gasteiger partial charge in [-0.05, 0) is 24.6 Å². The molecule has 0 heterocycles. The van der Waals surface area contributed by atoms with Gasteiger partial charge in [0.1, 0.15) is 6.61 Å². The Morgan fingerprint density at radius 3 is 2.63 bits per heavy atom. The Bertz CT molecular complexity index is 528. The molecule has 0 spiro atoms. The van der Waals surface area contributed by atoms with Crippen molar-refractivity contribution in [3.63, 3.8) is 0 Å². The number of allylic oxidation sites excluding steroid dienone is 1. The summed E-state index contributed by atoms with van der Waals surface area (Å²) in [5.41, 5.74) is 0.844. The van der Waals surface area contributed by atoms with Crippen molar-refractivity contribution in [1.82, 2.24) is 5.32 Å². The van der Waals surface area contributed by atoms with Gasteiger partial charge in [0.15, 0.2) is 0 Å². The molecule has 1 rings (SSSR count). The number of carbonyl (C=O) groups is 2. The number of amides is 1. The number of hydrogen-bond acceptors (Lipinski definition) is 3. The lowest BCUT2D eigenvalue weighted by Crippen LogP contribution is -2.22. The maximum Gasteiger partial charge on any atom is 0.411 e. The molecule has 19 heavy (non-hydrogen) atoms. The minimum absolute atomic E-state index is 0.00305. The fourth-order valence-corrected chi connectivity index (χ4v) is 1.52. The van der Waals surface area contributed by atoms with Crippen LogP contribution in [0.15, 0.2) is 30.0 Å². The number of carboxylic acid groups (broad SMARTS) is 1. The summed E-state index contributed by atoms with van der Waals surface area (Å²) in [7, 11) is 0. The van der Waals surface area contributed by atoms with Gasteiger partial charge >= 0.3 is 12.1 Å². The lowest BCUT2D eigenvalue weighted by Gasteiger charge is -2.07. The van der Waals surface area contributed by atoms with E-state index in [2.05, 4.69) is 5.32 Å². The van der Waals surface area contributed by atoms with Crippen molar-refractivity contribution in [3.8, 4) is 0 Å². The van der Waals surface area contributed by atoms with Gasteiger partial charge in [0.2, 0.25) is 0 Å². The number of alkyl carbamates (subject to hydrolysis) is 1. The third-order valence-corrected chi connectivity index (χ3v) is 2.73. The topological polar surface area (TPSA) is 75.6 Å². The molecule has 0 bridgehead atoms. The second kappa shape index (κ2) is 7.01. The molecule has 0 saturated carbocycles. The van der Waals surface area contributed by atoms with E-state index in [4.69, 9.17) is 33.0 Å². The molecule has 0 aliphatic heterocycles. The van der Waals surface area contributed by atoms with Crippen LogP contribution in [0.4, 0.5) is 4.79 Å². The molecule has 7 heteroatoms. The van der Waals surface area contributed by atoms with Crippen molar-refractivity contribution < 1.29 is 19.4 Å². The largest absolute Gasteiger partial charge is 0.478 e. The van der Waals surface area contributed by atoms with Gasteiger partial charge in [-0.1, -0.05) is 29.3 Å². The van der Waals surface area contributed by atoms with Gasteiger partial charge in [0.05, 0.1) is 10.0 Å². The van der Waals surface area contributed by atoms with E-state index < -0.39 is 12.1 Å². The molecule has 0 radical (unpaired) electrons. The summed E-state index contributed by atoms with van der Waals surface area (Å²) >= 11 is 11.6. The van der Waals surface area contributed by atoms with Crippen LogP contribution in [0, 0.1) is 0 Å². The molecule has 0 saturated heterocycles. The Kier molecular flexibility index (Phi) is 5.66. The number of aliphatic carboxylic acids is 1. The highest BCUT2D eigenvalue weighted by Crippen LogP contribution is 2.22. The average Bonchev–Trinajstić information content (AvgIpc) is 2.29. The first-order valence-electron chi connectivity index (χ1n) is 5.17. The highest BCUT2D eigenvalue weighted by atomic mass is 35.5. The van der Waals surface area contributed by atoms with Gasteiger partial charge in [-0.25, -0.2) is 9.59 Å². The van der Waals surface area contributed by atoms with Crippen molar-refractivity contribution >= 4 is 35.3 Å². The van der Waals surface area contributed by atoms with E-state index in [1.807, 2.05) is 0 Å². The molecular formula is C12H11Cl2NO4. The normalized spacial score (nSPS) is 11.0. The van der Waals surface area contributed by atoms with Crippen LogP contribution in [0.3, 0.4) is 0 Å². The second-order valence-corrected chi connectivity index (χ2v) is 4.43. The maximum absolute atomic E-state index is 11.3. The van der Waals surface area contributed by atoms with E-state index in [1.54, 1.807) is 18.2 Å². The molecule has 102 valence electrons. The monoisotopic (exact) mass is 303 g/mol. The van der Waals surface area contributed by atoms with Crippen molar-refractivity contribution in [1.29, 1.82) is 0 Å². The first kappa shape index (κ1) is 15.3. The van der Waals surface area contributed by atoms with Crippen molar-refractivity contribution in [3.05, 3.63) is 45.6 Å². The number of benzene rings is 1. The van der Waals surface area contributed by atoms with Crippen LogP contribution in [0.1, 0.15) is 12.5 Å². The minimum atomic E-state index is -1.15. The van der Waals surface area contributed by atoms with Crippen LogP contribution in [0.25, 0.3) is 0 Å². The minimum Gasteiger partial charge on any atom is -0.478 e. The van der Waals surface area contributed by atoms with E-state index in [-0.39, 0.29) is 12.3 Å². The van der Waals surface area contributed by atoms with Crippen LogP contribution in [0.5, 0.6) is 0 Å². The summed E-state index contributed by atoms with van der Waals surface area (Å²) in [4.78, 5) is 21.7. The van der Waals surface area contributed by atoms with Crippen LogP contribution < -0.4 is 5.32 Å². The van der Waals surface area contributed by atoms with Gasteiger partial charge < -0.3 is 9.84 Å². The first-order valence-corrected chi connectivity index (χ1v) is 5.93. The number of halogens is 2. The Hall–Kier alpha value is -1.72. The SMILES string of the molecule is C/C(=C/C(=O)O)NC(=O)OCc1ccc(Cl)c(Cl)c1. The summed E-state index contributed by atoms with van der Waals surface area (Å²) in [5, 5.41) is 11.5. The molecule has 5 nitrogen and oxygen atoms in total. The van der Waals surface area contributed by atoms with E-state index >= 15 is 0 Å². The summed E-state index contributed by atoms with van der Waals surface area (Å²) in [5.74, 6) is -1.15. The van der Waals surface area contributed by atoms with Gasteiger partial charge in [0, 0.05) is 11.8 Å². The number of nitrogens with one attached hydrogen (secondary N) is 1. The summed E-state index contributed by atoms with van der Waals surface area (Å²) in [6, 6.07) is 4.84. The zero-order chi connectivity index (χ0) is 14.4. The maximum atomic E-state index is 11.3. The Labute approximate surface area is 119 Å². The molecule has 0 aliphatic rings. The van der Waals surface area contributed by atoms with Crippen LogP contribution in [-0.4, -0.2) is 17.2 Å². The second-order valence-electron chi connectivity index (χ2n) is 3.62. The standard InChI is InChI=1S/C12H11Cl2NO4/c1-7(4-11(16)17)15-12(18)19-6-8-2-3-9(13)10(14)5-8/h2-5H,6H2,1H3,(H,15,18)(H,16,17)/b7-4-. The van der Waals surface area contributed by atoms with Crippen molar-refractivity contribution in [2.45, 2.75) is 13.5 Å². The van der Waals surface area contributed by atoms with E-state index in [0.717, 1.165) is 6.08 Å². The van der Waals surface area contributed by atoms with Gasteiger partial charge in [-0.15, -0.1) is 0 Å². The van der Waals surface area contributed by atoms with Gasteiger partial charge in [-0.2, -0.15) is 0 Å². The quantitative estimate of drug-likeness (QED) is 0.838. The average molecular weight is 304 g/mol. The third kappa shape index (κ3) is 5.63. The number of rotatable bonds is 4. The van der Waals surface area contributed by atoms with E-state index in [1.165, 1.54) is 6.92 Å². The Morgan fingerprint density at radius 1 is 1.37 bits per heavy atom. The van der Waals surface area contributed by atoms with Crippen LogP contribution >= 0.6 is 23.2 Å². The lowest BCUT2D eigenvalue weighted by molar-refractivity contribution is -0.131. The van der Waals surface area contributed by atoms with Crippen LogP contribution in [0.2, 0.25) is 10.0 Å². The molecule has 2 N–H and O–H groups in total. The van der Waals surface area contributed by atoms with Crippen LogP contribution in [-0.2, 0) is 16.1 Å². The molecule has 0 aromatic heterocycles. The van der Waals surface area contributed by atoms with Crippen molar-refractivity contribution in [2.24, 2.45) is 0 Å². The molecule has 0 aliphatic carbocycles. The molecule has 0 unspecified atom stereocenters. The molecule has 0 atom stereocenters. The van der Waals surface area contributed by atoms with Gasteiger partial charge in [0.25, 0.3) is 0 Å². The van der Waals surface area contributed by atoms with Gasteiger partial charge in [-0.3, -0.25) is 5.32 Å². The Balaban J connectivity index is 2.50. The molecular weight excluding hydrogens is 293 g/mol. The smallest absolute Gasteiger partial charge is 0.411 e. The fourth-order valence-electron chi connectivity index (χ4n) is 1.20. The lowest BCUT2D eigenvalue weighted by atomic mass is 10.2. The molecule has 0 fully saturated rings. The number of ether oxygens (including phenoxy) is 1. The number of carboxylic acids is 1. The first-order chi connectivity index (χ1) is 8.88. The van der Waals surface area contributed by atoms with E-state index in [0.29, 0.717) is 15.6 Å². The summed E-state index contributed by atoms with van der Waals surface area (Å²) < 4.78 is 4.89. The molecule has 1 aromatic rings. The summed E-state index contributed by atoms with van der Waals surface area (Å²) in [6.45, 7) is 1.44. The Morgan fingerprint density at radius 2 is 2.05 bits per heavy atom. The number of carbonyl (C=O) groups excluding carboxylic acids is 1. The fraction of sp³-hybridized carbons (Fsp3) is 0.167. The predicted molar refractivity (Wildman–Crippen MR) is 71.2 cm³/mol. The number of hydrogen-bond donors (Lipinski definition) is 2. The zero-order valence-corrected chi connectivity index (χ0v) is 11.5. The van der Waals surface area contributed by atoms with Crippen molar-refractivity contribution in [2.75, 3.05) is 0 Å². The third-order valence-electron chi connectivity index (χ3n) is 1.99. The summed E-state index contributed by atoms with van der Waals surface area (Å²) in [6.07, 6.45) is 0.113. The molecule has 1 amide bonds. The van der Waals surface area contributed by atoms with E-state index in [9.17, 15) is 9.59 Å². The molecule has 1 aromatic carbocycles. The predicted octanol–water partition coefficient (Wildman–Crippen LogP) is 3.21. The zero-order valence-electron chi connectivity index (χ0n) is 9.94.